The van der Waals surface area contributed by atoms with Gasteiger partial charge in [-0.05, 0) is 19.1 Å². The first kappa shape index (κ1) is 15.1. The van der Waals surface area contributed by atoms with Crippen LogP contribution in [0.4, 0.5) is 4.79 Å². The van der Waals surface area contributed by atoms with Crippen molar-refractivity contribution in [3.63, 3.8) is 0 Å². The maximum absolute atomic E-state index is 12.5. The molecule has 8 heteroatoms. The maximum atomic E-state index is 12.5. The molecule has 1 saturated heterocycles. The highest BCUT2D eigenvalue weighted by Crippen LogP contribution is 2.17. The molecule has 122 valence electrons. The van der Waals surface area contributed by atoms with Crippen LogP contribution in [-0.4, -0.2) is 69.8 Å². The molecule has 2 amide bonds. The fraction of sp³-hybridized carbons (Fsp3) is 0.400. The molecule has 2 aromatic rings. The van der Waals surface area contributed by atoms with Gasteiger partial charge in [0.15, 0.2) is 0 Å². The third-order valence-electron chi connectivity index (χ3n) is 3.79. The van der Waals surface area contributed by atoms with Gasteiger partial charge in [0.2, 0.25) is 0 Å². The van der Waals surface area contributed by atoms with Gasteiger partial charge in [0.1, 0.15) is 5.69 Å². The Morgan fingerprint density at radius 2 is 2.00 bits per heavy atom. The Labute approximate surface area is 133 Å². The van der Waals surface area contributed by atoms with Crippen molar-refractivity contribution in [1.29, 1.82) is 0 Å². The van der Waals surface area contributed by atoms with Gasteiger partial charge in [-0.2, -0.15) is 5.10 Å². The second kappa shape index (κ2) is 6.55. The van der Waals surface area contributed by atoms with E-state index >= 15 is 0 Å². The van der Waals surface area contributed by atoms with Gasteiger partial charge in [0.25, 0.3) is 5.91 Å². The Bertz CT molecular complexity index is 671. The SMILES string of the molecule is CCOC(=O)N1CCN(C(=O)c2cc(-c3cc[nH]c3)n[nH]2)CC1. The molecule has 2 aromatic heterocycles. The van der Waals surface area contributed by atoms with Crippen molar-refractivity contribution >= 4 is 12.0 Å². The summed E-state index contributed by atoms with van der Waals surface area (Å²) >= 11 is 0. The van der Waals surface area contributed by atoms with E-state index in [1.807, 2.05) is 12.3 Å². The summed E-state index contributed by atoms with van der Waals surface area (Å²) in [7, 11) is 0. The van der Waals surface area contributed by atoms with E-state index in [-0.39, 0.29) is 12.0 Å². The Balaban J connectivity index is 1.60. The molecule has 2 N–H and O–H groups in total. The van der Waals surface area contributed by atoms with Crippen LogP contribution >= 0.6 is 0 Å². The van der Waals surface area contributed by atoms with Gasteiger partial charge < -0.3 is 19.5 Å². The van der Waals surface area contributed by atoms with Crippen molar-refractivity contribution in [2.24, 2.45) is 0 Å². The molecule has 8 nitrogen and oxygen atoms in total. The first-order valence-corrected chi connectivity index (χ1v) is 7.58. The topological polar surface area (TPSA) is 94.3 Å². The molecule has 0 aromatic carbocycles. The van der Waals surface area contributed by atoms with Crippen LogP contribution in [0.2, 0.25) is 0 Å². The zero-order valence-corrected chi connectivity index (χ0v) is 12.9. The van der Waals surface area contributed by atoms with E-state index in [1.54, 1.807) is 29.0 Å². The normalized spacial score (nSPS) is 14.8. The number of ether oxygens (including phenoxy) is 1. The number of carbonyl (C=O) groups excluding carboxylic acids is 2. The van der Waals surface area contributed by atoms with Crippen LogP contribution in [0.5, 0.6) is 0 Å². The summed E-state index contributed by atoms with van der Waals surface area (Å²) in [6, 6.07) is 3.63. The maximum Gasteiger partial charge on any atom is 0.409 e. The Morgan fingerprint density at radius 3 is 2.65 bits per heavy atom. The standard InChI is InChI=1S/C15H19N5O3/c1-2-23-15(22)20-7-5-19(6-8-20)14(21)13-9-12(17-18-13)11-3-4-16-10-11/h3-4,9-10,16H,2,5-8H2,1H3,(H,17,18). The van der Waals surface area contributed by atoms with Gasteiger partial charge in [0, 0.05) is 44.1 Å². The summed E-state index contributed by atoms with van der Waals surface area (Å²) in [5.41, 5.74) is 2.10. The van der Waals surface area contributed by atoms with E-state index in [0.29, 0.717) is 38.5 Å². The minimum atomic E-state index is -0.323. The zero-order valence-electron chi connectivity index (χ0n) is 12.9. The minimum absolute atomic E-state index is 0.109. The first-order chi connectivity index (χ1) is 11.2. The van der Waals surface area contributed by atoms with Crippen molar-refractivity contribution in [1.82, 2.24) is 25.0 Å². The second-order valence-corrected chi connectivity index (χ2v) is 5.24. The summed E-state index contributed by atoms with van der Waals surface area (Å²) < 4.78 is 4.97. The molecule has 3 rings (SSSR count). The second-order valence-electron chi connectivity index (χ2n) is 5.24. The summed E-state index contributed by atoms with van der Waals surface area (Å²) in [5, 5.41) is 6.95. The van der Waals surface area contributed by atoms with E-state index in [0.717, 1.165) is 11.3 Å². The Hall–Kier alpha value is -2.77. The molecule has 0 aliphatic carbocycles. The molecule has 23 heavy (non-hydrogen) atoms. The van der Waals surface area contributed by atoms with Gasteiger partial charge in [-0.1, -0.05) is 0 Å². The van der Waals surface area contributed by atoms with Crippen molar-refractivity contribution in [2.45, 2.75) is 6.92 Å². The third kappa shape index (κ3) is 3.20. The van der Waals surface area contributed by atoms with E-state index in [4.69, 9.17) is 4.74 Å². The highest BCUT2D eigenvalue weighted by molar-refractivity contribution is 5.93. The number of hydrogen-bond acceptors (Lipinski definition) is 4. The molecule has 0 unspecified atom stereocenters. The predicted molar refractivity (Wildman–Crippen MR) is 82.9 cm³/mol. The molecular formula is C15H19N5O3. The number of nitrogens with one attached hydrogen (secondary N) is 2. The number of piperazine rings is 1. The third-order valence-corrected chi connectivity index (χ3v) is 3.79. The smallest absolute Gasteiger partial charge is 0.409 e. The minimum Gasteiger partial charge on any atom is -0.450 e. The van der Waals surface area contributed by atoms with Gasteiger partial charge in [-0.3, -0.25) is 9.89 Å². The van der Waals surface area contributed by atoms with Crippen LogP contribution in [0.15, 0.2) is 24.5 Å². The molecule has 0 atom stereocenters. The first-order valence-electron chi connectivity index (χ1n) is 7.58. The van der Waals surface area contributed by atoms with Gasteiger partial charge in [-0.25, -0.2) is 4.79 Å². The Kier molecular flexibility index (Phi) is 4.31. The number of hydrogen-bond donors (Lipinski definition) is 2. The lowest BCUT2D eigenvalue weighted by Gasteiger charge is -2.33. The van der Waals surface area contributed by atoms with Gasteiger partial charge in [-0.15, -0.1) is 0 Å². The van der Waals surface area contributed by atoms with Crippen LogP contribution in [0.25, 0.3) is 11.3 Å². The fourth-order valence-electron chi connectivity index (χ4n) is 2.54. The Morgan fingerprint density at radius 1 is 1.26 bits per heavy atom. The number of amides is 2. The van der Waals surface area contributed by atoms with Crippen molar-refractivity contribution in [2.75, 3.05) is 32.8 Å². The van der Waals surface area contributed by atoms with Gasteiger partial charge >= 0.3 is 6.09 Å². The molecule has 1 aliphatic heterocycles. The van der Waals surface area contributed by atoms with Gasteiger partial charge in [0.05, 0.1) is 12.3 Å². The predicted octanol–water partition coefficient (Wildman–Crippen LogP) is 1.32. The van der Waals surface area contributed by atoms with E-state index in [2.05, 4.69) is 15.2 Å². The summed E-state index contributed by atoms with van der Waals surface area (Å²) in [4.78, 5) is 30.4. The highest BCUT2D eigenvalue weighted by atomic mass is 16.6. The fourth-order valence-corrected chi connectivity index (χ4v) is 2.54. The van der Waals surface area contributed by atoms with Crippen LogP contribution < -0.4 is 0 Å². The van der Waals surface area contributed by atoms with Crippen molar-refractivity contribution in [3.05, 3.63) is 30.2 Å². The average Bonchev–Trinajstić information content (AvgIpc) is 3.25. The summed E-state index contributed by atoms with van der Waals surface area (Å²) in [6.45, 7) is 4.05. The van der Waals surface area contributed by atoms with Crippen molar-refractivity contribution in [3.8, 4) is 11.3 Å². The van der Waals surface area contributed by atoms with E-state index in [9.17, 15) is 9.59 Å². The number of nitrogens with zero attached hydrogens (tertiary/aromatic N) is 3. The zero-order chi connectivity index (χ0) is 16.2. The molecular weight excluding hydrogens is 298 g/mol. The number of aromatic nitrogens is 3. The number of carbonyl (C=O) groups is 2. The van der Waals surface area contributed by atoms with E-state index < -0.39 is 0 Å². The molecule has 0 radical (unpaired) electrons. The molecule has 1 fully saturated rings. The lowest BCUT2D eigenvalue weighted by atomic mass is 10.2. The largest absolute Gasteiger partial charge is 0.450 e. The quantitative estimate of drug-likeness (QED) is 0.892. The van der Waals surface area contributed by atoms with Crippen molar-refractivity contribution < 1.29 is 14.3 Å². The molecule has 0 bridgehead atoms. The molecule has 1 aliphatic rings. The highest BCUT2D eigenvalue weighted by Gasteiger charge is 2.26. The summed E-state index contributed by atoms with van der Waals surface area (Å²) in [6.07, 6.45) is 3.30. The molecule has 3 heterocycles. The van der Waals surface area contributed by atoms with Crippen LogP contribution in [0.3, 0.4) is 0 Å². The lowest BCUT2D eigenvalue weighted by Crippen LogP contribution is -2.50. The number of rotatable bonds is 3. The number of aromatic amines is 2. The summed E-state index contributed by atoms with van der Waals surface area (Å²) in [5.74, 6) is -0.109. The monoisotopic (exact) mass is 317 g/mol. The number of H-pyrrole nitrogens is 2. The van der Waals surface area contributed by atoms with Crippen LogP contribution in [-0.2, 0) is 4.74 Å². The molecule has 0 saturated carbocycles. The van der Waals surface area contributed by atoms with Crippen LogP contribution in [0, 0.1) is 0 Å². The average molecular weight is 317 g/mol. The van der Waals surface area contributed by atoms with Crippen LogP contribution in [0.1, 0.15) is 17.4 Å². The van der Waals surface area contributed by atoms with E-state index in [1.165, 1.54) is 0 Å². The lowest BCUT2D eigenvalue weighted by molar-refractivity contribution is 0.0566. The molecule has 0 spiro atoms.